The van der Waals surface area contributed by atoms with E-state index in [4.69, 9.17) is 26.1 Å². The molecule has 1 saturated heterocycles. The second-order valence-corrected chi connectivity index (χ2v) is 13.5. The standard InChI is InChI=1S/C32H38ClF2N7O2/c1-41(2)16-31(9-10-31)18-44-30-38-27-22-14-36-28(26(27)34)25-20(23(33)13-24-21(25)15-37-40-24)7-3-6-12-43-19-32(35)8-4-5-11-42(17-32)29(22)39-30/h13-15H,3-12,16-19H2,1-2H3,(H,37,40). The molecule has 3 aromatic heterocycles. The first-order valence-corrected chi connectivity index (χ1v) is 15.9. The third-order valence-electron chi connectivity index (χ3n) is 9.20. The van der Waals surface area contributed by atoms with Crippen LogP contribution in [0.15, 0.2) is 18.5 Å². The summed E-state index contributed by atoms with van der Waals surface area (Å²) in [5, 5.41) is 8.82. The van der Waals surface area contributed by atoms with E-state index in [1.807, 2.05) is 25.1 Å². The summed E-state index contributed by atoms with van der Waals surface area (Å²) in [6, 6.07) is 1.90. The van der Waals surface area contributed by atoms with Crippen LogP contribution in [-0.2, 0) is 11.2 Å². The van der Waals surface area contributed by atoms with Crippen molar-refractivity contribution in [3.63, 3.8) is 0 Å². The van der Waals surface area contributed by atoms with Gasteiger partial charge in [-0.2, -0.15) is 15.1 Å². The molecule has 9 nitrogen and oxygen atoms in total. The average molecular weight is 626 g/mol. The molecule has 3 aliphatic heterocycles. The maximum atomic E-state index is 16.9. The van der Waals surface area contributed by atoms with Gasteiger partial charge in [-0.05, 0) is 77.1 Å². The molecule has 1 unspecified atom stereocenters. The van der Waals surface area contributed by atoms with E-state index in [0.717, 1.165) is 49.6 Å². The van der Waals surface area contributed by atoms with Crippen molar-refractivity contribution in [3.8, 4) is 17.3 Å². The molecule has 234 valence electrons. The van der Waals surface area contributed by atoms with Gasteiger partial charge in [0, 0.05) is 47.3 Å². The van der Waals surface area contributed by atoms with Gasteiger partial charge in [0.1, 0.15) is 17.0 Å². The Morgan fingerprint density at radius 2 is 1.98 bits per heavy atom. The van der Waals surface area contributed by atoms with Crippen molar-refractivity contribution in [2.75, 3.05) is 58.5 Å². The van der Waals surface area contributed by atoms with Crippen LogP contribution in [0.25, 0.3) is 33.1 Å². The highest BCUT2D eigenvalue weighted by molar-refractivity contribution is 6.33. The van der Waals surface area contributed by atoms with Crippen LogP contribution in [0.4, 0.5) is 14.6 Å². The Morgan fingerprint density at radius 3 is 2.80 bits per heavy atom. The Hall–Kier alpha value is -3.15. The number of anilines is 1. The van der Waals surface area contributed by atoms with Crippen LogP contribution in [0.1, 0.15) is 50.5 Å². The molecule has 1 atom stereocenters. The van der Waals surface area contributed by atoms with Gasteiger partial charge < -0.3 is 19.3 Å². The number of nitrogens with one attached hydrogen (secondary N) is 1. The number of hydrogen-bond donors (Lipinski definition) is 1. The van der Waals surface area contributed by atoms with Gasteiger partial charge >= 0.3 is 6.01 Å². The first-order valence-electron chi connectivity index (χ1n) is 15.5. The number of fused-ring (bicyclic) bond motifs is 7. The van der Waals surface area contributed by atoms with E-state index in [0.29, 0.717) is 66.3 Å². The van der Waals surface area contributed by atoms with Crippen molar-refractivity contribution >= 4 is 39.2 Å². The van der Waals surface area contributed by atoms with Crippen LogP contribution in [0.5, 0.6) is 6.01 Å². The van der Waals surface area contributed by atoms with Gasteiger partial charge in [-0.25, -0.2) is 8.78 Å². The van der Waals surface area contributed by atoms with E-state index in [2.05, 4.69) is 25.1 Å². The number of halogens is 3. The van der Waals surface area contributed by atoms with Crippen LogP contribution in [0.2, 0.25) is 5.02 Å². The van der Waals surface area contributed by atoms with E-state index in [1.54, 1.807) is 12.4 Å². The minimum Gasteiger partial charge on any atom is -0.463 e. The largest absolute Gasteiger partial charge is 0.463 e. The first-order chi connectivity index (χ1) is 21.2. The molecule has 4 aliphatic rings. The zero-order valence-corrected chi connectivity index (χ0v) is 26.0. The van der Waals surface area contributed by atoms with Crippen molar-refractivity contribution in [2.24, 2.45) is 5.41 Å². The molecule has 12 heteroatoms. The lowest BCUT2D eigenvalue weighted by Crippen LogP contribution is -2.42. The monoisotopic (exact) mass is 625 g/mol. The summed E-state index contributed by atoms with van der Waals surface area (Å²) in [6.07, 6.45) is 9.28. The molecule has 0 amide bonds. The number of pyridine rings is 1. The smallest absolute Gasteiger partial charge is 0.319 e. The number of rotatable bonds is 5. The van der Waals surface area contributed by atoms with Gasteiger partial charge in [-0.15, -0.1) is 0 Å². The number of nitrogens with zero attached hydrogens (tertiary/aromatic N) is 6. The Labute approximate surface area is 260 Å². The molecule has 0 radical (unpaired) electrons. The molecular formula is C32H38ClF2N7O2. The third-order valence-corrected chi connectivity index (χ3v) is 9.54. The molecule has 4 aromatic rings. The van der Waals surface area contributed by atoms with Gasteiger partial charge in [-0.3, -0.25) is 10.1 Å². The number of hydrogen-bond acceptors (Lipinski definition) is 8. The van der Waals surface area contributed by atoms with E-state index in [-0.39, 0.29) is 35.8 Å². The Bertz CT molecular complexity index is 1690. The lowest BCUT2D eigenvalue weighted by molar-refractivity contribution is 0.0142. The van der Waals surface area contributed by atoms with Crippen LogP contribution >= 0.6 is 11.6 Å². The van der Waals surface area contributed by atoms with Crippen molar-refractivity contribution in [1.82, 2.24) is 30.0 Å². The summed E-state index contributed by atoms with van der Waals surface area (Å²) in [5.74, 6) is -0.163. The predicted octanol–water partition coefficient (Wildman–Crippen LogP) is 6.13. The van der Waals surface area contributed by atoms with E-state index in [9.17, 15) is 0 Å². The summed E-state index contributed by atoms with van der Waals surface area (Å²) in [4.78, 5) is 18.1. The Morgan fingerprint density at radius 1 is 1.11 bits per heavy atom. The zero-order chi connectivity index (χ0) is 30.5. The Balaban J connectivity index is 1.41. The number of aromatic nitrogens is 5. The molecular weight excluding hydrogens is 588 g/mol. The normalized spacial score (nSPS) is 22.1. The van der Waals surface area contributed by atoms with Crippen molar-refractivity contribution in [1.29, 1.82) is 0 Å². The van der Waals surface area contributed by atoms with Gasteiger partial charge in [-0.1, -0.05) is 11.6 Å². The molecule has 6 heterocycles. The van der Waals surface area contributed by atoms with E-state index < -0.39 is 11.5 Å². The van der Waals surface area contributed by atoms with E-state index in [1.165, 1.54) is 0 Å². The molecule has 0 spiro atoms. The van der Waals surface area contributed by atoms with Crippen LogP contribution < -0.4 is 9.64 Å². The van der Waals surface area contributed by atoms with Crippen molar-refractivity contribution < 1.29 is 18.3 Å². The Kier molecular flexibility index (Phi) is 7.83. The van der Waals surface area contributed by atoms with Crippen LogP contribution in [-0.4, -0.2) is 89.3 Å². The highest BCUT2D eigenvalue weighted by Crippen LogP contribution is 2.46. The van der Waals surface area contributed by atoms with Gasteiger partial charge in [0.05, 0.1) is 36.9 Å². The topological polar surface area (TPSA) is 92.3 Å². The summed E-state index contributed by atoms with van der Waals surface area (Å²) >= 11 is 6.80. The zero-order valence-electron chi connectivity index (χ0n) is 25.3. The third kappa shape index (κ3) is 5.70. The number of alkyl halides is 1. The number of H-pyrrole nitrogens is 1. The molecule has 1 aromatic carbocycles. The summed E-state index contributed by atoms with van der Waals surface area (Å²) < 4.78 is 45.4. The molecule has 1 aliphatic carbocycles. The lowest BCUT2D eigenvalue weighted by Gasteiger charge is -2.31. The summed E-state index contributed by atoms with van der Waals surface area (Å²) in [7, 11) is 4.09. The van der Waals surface area contributed by atoms with Crippen molar-refractivity contribution in [3.05, 3.63) is 34.9 Å². The maximum Gasteiger partial charge on any atom is 0.319 e. The minimum atomic E-state index is -1.57. The SMILES string of the molecule is CN(C)CC1(COc2nc3c4cnc(c(F)c4n2)-c2c(c(Cl)cc4[nH]ncc24)CCCCOCC2(F)CCCCN3C2)CC1. The highest BCUT2D eigenvalue weighted by Gasteiger charge is 2.44. The quantitative estimate of drug-likeness (QED) is 0.283. The summed E-state index contributed by atoms with van der Waals surface area (Å²) in [5.41, 5.74) is 0.757. The van der Waals surface area contributed by atoms with Gasteiger partial charge in [0.25, 0.3) is 0 Å². The second-order valence-electron chi connectivity index (χ2n) is 13.1. The number of ether oxygens (including phenoxy) is 2. The second kappa shape index (κ2) is 11.7. The fourth-order valence-corrected chi connectivity index (χ4v) is 7.13. The molecule has 1 saturated carbocycles. The fourth-order valence-electron chi connectivity index (χ4n) is 6.84. The summed E-state index contributed by atoms with van der Waals surface area (Å²) in [6.45, 7) is 2.37. The van der Waals surface area contributed by atoms with Crippen LogP contribution in [0, 0.1) is 11.2 Å². The van der Waals surface area contributed by atoms with Gasteiger partial charge in [0.2, 0.25) is 0 Å². The number of aromatic amines is 1. The molecule has 8 rings (SSSR count). The van der Waals surface area contributed by atoms with E-state index >= 15 is 8.78 Å². The average Bonchev–Trinajstić information content (AvgIpc) is 3.64. The minimum absolute atomic E-state index is 0.00727. The first kappa shape index (κ1) is 29.6. The lowest BCUT2D eigenvalue weighted by atomic mass is 9.95. The molecule has 2 fully saturated rings. The molecule has 44 heavy (non-hydrogen) atoms. The van der Waals surface area contributed by atoms with Crippen LogP contribution in [0.3, 0.4) is 0 Å². The van der Waals surface area contributed by atoms with Crippen molar-refractivity contribution in [2.45, 2.75) is 57.0 Å². The predicted molar refractivity (Wildman–Crippen MR) is 167 cm³/mol. The fraction of sp³-hybridized carbons (Fsp3) is 0.562. The molecule has 6 bridgehead atoms. The highest BCUT2D eigenvalue weighted by atomic mass is 35.5. The number of benzene rings is 1. The maximum absolute atomic E-state index is 16.9. The van der Waals surface area contributed by atoms with Gasteiger partial charge in [0.15, 0.2) is 11.5 Å². The molecule has 1 N–H and O–H groups in total.